The van der Waals surface area contributed by atoms with Crippen LogP contribution in [0, 0.1) is 0 Å². The maximum Gasteiger partial charge on any atom is 0.218 e. The van der Waals surface area contributed by atoms with Crippen LogP contribution in [-0.2, 0) is 10.0 Å². The van der Waals surface area contributed by atoms with Crippen molar-refractivity contribution in [3.05, 3.63) is 0 Å². The predicted octanol–water partition coefficient (Wildman–Crippen LogP) is -0.311. The molecule has 0 radical (unpaired) electrons. The Balaban J connectivity index is 2.60. The number of sulfonamides is 1. The molecule has 1 heterocycles. The third-order valence-corrected chi connectivity index (χ3v) is 5.50. The van der Waals surface area contributed by atoms with Gasteiger partial charge >= 0.3 is 0 Å². The smallest absolute Gasteiger partial charge is 0.218 e. The van der Waals surface area contributed by atoms with Crippen molar-refractivity contribution in [2.24, 2.45) is 5.73 Å². The van der Waals surface area contributed by atoms with Gasteiger partial charge in [-0.25, -0.2) is 8.42 Å². The van der Waals surface area contributed by atoms with Gasteiger partial charge < -0.3 is 5.73 Å². The minimum Gasteiger partial charge on any atom is -0.329 e. The normalized spacial score (nSPS) is 22.6. The Kier molecular flexibility index (Phi) is 4.73. The van der Waals surface area contributed by atoms with E-state index in [-0.39, 0.29) is 6.54 Å². The lowest BCUT2D eigenvalue weighted by atomic mass is 10.3. The highest BCUT2D eigenvalue weighted by atomic mass is 32.2. The summed E-state index contributed by atoms with van der Waals surface area (Å²) in [6.07, 6.45) is 0. The molecule has 0 amide bonds. The molecule has 1 atom stereocenters. The number of nitrogens with zero attached hydrogens (tertiary/aromatic N) is 2. The molecule has 0 bridgehead atoms. The highest BCUT2D eigenvalue weighted by Gasteiger charge is 2.31. The van der Waals surface area contributed by atoms with E-state index in [0.717, 1.165) is 13.1 Å². The average molecular weight is 249 g/mol. The summed E-state index contributed by atoms with van der Waals surface area (Å²) in [6.45, 7) is 8.92. The van der Waals surface area contributed by atoms with Crippen LogP contribution in [0.3, 0.4) is 0 Å². The molecule has 1 rings (SSSR count). The molecule has 0 aromatic heterocycles. The van der Waals surface area contributed by atoms with Crippen molar-refractivity contribution in [1.29, 1.82) is 0 Å². The van der Waals surface area contributed by atoms with Gasteiger partial charge in [-0.2, -0.15) is 4.31 Å². The molecule has 6 heteroatoms. The van der Waals surface area contributed by atoms with E-state index in [1.165, 1.54) is 0 Å². The number of piperazine rings is 1. The summed E-state index contributed by atoms with van der Waals surface area (Å²) in [5.74, 6) is 0. The third kappa shape index (κ3) is 2.94. The van der Waals surface area contributed by atoms with E-state index < -0.39 is 15.3 Å². The zero-order valence-corrected chi connectivity index (χ0v) is 11.2. The topological polar surface area (TPSA) is 66.6 Å². The number of nitrogens with two attached hydrogens (primary N) is 1. The first-order valence-electron chi connectivity index (χ1n) is 5.82. The summed E-state index contributed by atoms with van der Waals surface area (Å²) in [7, 11) is -3.18. The summed E-state index contributed by atoms with van der Waals surface area (Å²) >= 11 is 0. The zero-order valence-electron chi connectivity index (χ0n) is 10.4. The molecule has 1 aliphatic heterocycles. The Morgan fingerprint density at radius 3 is 2.00 bits per heavy atom. The molecule has 2 N–H and O–H groups in total. The van der Waals surface area contributed by atoms with Gasteiger partial charge in [0.1, 0.15) is 0 Å². The first-order chi connectivity index (χ1) is 7.39. The molecule has 0 spiro atoms. The highest BCUT2D eigenvalue weighted by molar-refractivity contribution is 7.89. The summed E-state index contributed by atoms with van der Waals surface area (Å²) in [4.78, 5) is 2.29. The van der Waals surface area contributed by atoms with Crippen molar-refractivity contribution >= 4 is 10.0 Å². The quantitative estimate of drug-likeness (QED) is 0.742. The minimum atomic E-state index is -3.18. The molecule has 0 aromatic rings. The van der Waals surface area contributed by atoms with Crippen LogP contribution < -0.4 is 5.73 Å². The Morgan fingerprint density at radius 1 is 1.12 bits per heavy atom. The van der Waals surface area contributed by atoms with Gasteiger partial charge in [-0.1, -0.05) is 0 Å². The molecule has 96 valence electrons. The van der Waals surface area contributed by atoms with E-state index in [0.29, 0.717) is 19.1 Å². The van der Waals surface area contributed by atoms with Gasteiger partial charge in [0.25, 0.3) is 0 Å². The van der Waals surface area contributed by atoms with E-state index in [9.17, 15) is 8.42 Å². The summed E-state index contributed by atoms with van der Waals surface area (Å²) in [5, 5.41) is -0.474. The molecule has 16 heavy (non-hydrogen) atoms. The summed E-state index contributed by atoms with van der Waals surface area (Å²) < 4.78 is 25.6. The monoisotopic (exact) mass is 249 g/mol. The van der Waals surface area contributed by atoms with Crippen LogP contribution >= 0.6 is 0 Å². The molecule has 0 aliphatic carbocycles. The van der Waals surface area contributed by atoms with Crippen LogP contribution in [0.4, 0.5) is 0 Å². The highest BCUT2D eigenvalue weighted by Crippen LogP contribution is 2.13. The van der Waals surface area contributed by atoms with Crippen molar-refractivity contribution in [2.45, 2.75) is 32.1 Å². The van der Waals surface area contributed by atoms with E-state index >= 15 is 0 Å². The van der Waals surface area contributed by atoms with Gasteiger partial charge in [-0.05, 0) is 20.8 Å². The molecule has 0 saturated carbocycles. The molecule has 5 nitrogen and oxygen atoms in total. The van der Waals surface area contributed by atoms with Gasteiger partial charge in [0.15, 0.2) is 0 Å². The fourth-order valence-electron chi connectivity index (χ4n) is 1.85. The van der Waals surface area contributed by atoms with E-state index in [2.05, 4.69) is 18.7 Å². The van der Waals surface area contributed by atoms with Crippen molar-refractivity contribution in [1.82, 2.24) is 9.21 Å². The van der Waals surface area contributed by atoms with Crippen molar-refractivity contribution in [3.8, 4) is 0 Å². The second-order valence-corrected chi connectivity index (χ2v) is 6.97. The standard InChI is InChI=1S/C10H23N3O2S/c1-9(2)12-4-6-13(7-5-12)16(14,15)10(3)8-11/h9-10H,4-8,11H2,1-3H3. The van der Waals surface area contributed by atoms with Crippen molar-refractivity contribution in [2.75, 3.05) is 32.7 Å². The minimum absolute atomic E-state index is 0.187. The molecular formula is C10H23N3O2S. The molecule has 1 unspecified atom stereocenters. The Morgan fingerprint density at radius 2 is 1.62 bits per heavy atom. The largest absolute Gasteiger partial charge is 0.329 e. The van der Waals surface area contributed by atoms with Crippen molar-refractivity contribution in [3.63, 3.8) is 0 Å². The SMILES string of the molecule is CC(C)N1CCN(S(=O)(=O)C(C)CN)CC1. The lowest BCUT2D eigenvalue weighted by molar-refractivity contribution is 0.153. The van der Waals surface area contributed by atoms with Gasteiger partial charge in [0.2, 0.25) is 10.0 Å². The lowest BCUT2D eigenvalue weighted by Gasteiger charge is -2.37. The first kappa shape index (κ1) is 13.9. The predicted molar refractivity (Wildman–Crippen MR) is 65.7 cm³/mol. The zero-order chi connectivity index (χ0) is 12.3. The second kappa shape index (κ2) is 5.44. The van der Waals surface area contributed by atoms with E-state index in [1.807, 2.05) is 0 Å². The molecular weight excluding hydrogens is 226 g/mol. The van der Waals surface area contributed by atoms with Crippen LogP contribution in [0.2, 0.25) is 0 Å². The summed E-state index contributed by atoms with van der Waals surface area (Å²) in [5.41, 5.74) is 5.42. The molecule has 1 saturated heterocycles. The Bertz CT molecular complexity index is 308. The first-order valence-corrected chi connectivity index (χ1v) is 7.33. The van der Waals surface area contributed by atoms with Gasteiger partial charge in [-0.3, -0.25) is 4.90 Å². The van der Waals surface area contributed by atoms with E-state index in [1.54, 1.807) is 11.2 Å². The van der Waals surface area contributed by atoms with Gasteiger partial charge in [0, 0.05) is 38.8 Å². The van der Waals surface area contributed by atoms with Crippen molar-refractivity contribution < 1.29 is 8.42 Å². The van der Waals surface area contributed by atoms with Crippen LogP contribution in [-0.4, -0.2) is 61.6 Å². The van der Waals surface area contributed by atoms with Crippen LogP contribution in [0.15, 0.2) is 0 Å². The average Bonchev–Trinajstić information content (AvgIpc) is 2.28. The van der Waals surface area contributed by atoms with Gasteiger partial charge in [0.05, 0.1) is 5.25 Å². The fraction of sp³-hybridized carbons (Fsp3) is 1.00. The fourth-order valence-corrected chi connectivity index (χ4v) is 3.27. The third-order valence-electron chi connectivity index (χ3n) is 3.20. The summed E-state index contributed by atoms with van der Waals surface area (Å²) in [6, 6.07) is 0.483. The Labute approximate surface area is 98.6 Å². The van der Waals surface area contributed by atoms with Crippen LogP contribution in [0.25, 0.3) is 0 Å². The maximum atomic E-state index is 12.0. The lowest BCUT2D eigenvalue weighted by Crippen LogP contribution is -2.53. The maximum absolute atomic E-state index is 12.0. The van der Waals surface area contributed by atoms with Crippen LogP contribution in [0.5, 0.6) is 0 Å². The number of hydrogen-bond donors (Lipinski definition) is 1. The Hall–Kier alpha value is -0.170. The van der Waals surface area contributed by atoms with Gasteiger partial charge in [-0.15, -0.1) is 0 Å². The number of hydrogen-bond acceptors (Lipinski definition) is 4. The molecule has 1 aliphatic rings. The van der Waals surface area contributed by atoms with Crippen LogP contribution in [0.1, 0.15) is 20.8 Å². The second-order valence-electron chi connectivity index (χ2n) is 4.62. The van der Waals surface area contributed by atoms with E-state index in [4.69, 9.17) is 5.73 Å². The molecule has 1 fully saturated rings. The number of rotatable bonds is 4. The molecule has 0 aromatic carbocycles.